The summed E-state index contributed by atoms with van der Waals surface area (Å²) in [4.78, 5) is 17.2. The maximum atomic E-state index is 12.5. The number of aliphatic hydroxyl groups is 1. The zero-order chi connectivity index (χ0) is 14.0. The van der Waals surface area contributed by atoms with Crippen molar-refractivity contribution in [2.75, 3.05) is 33.4 Å². The number of likely N-dealkylation sites (tertiary alicyclic amines) is 1. The number of carbonyl (C=O) groups excluding carboxylic acids is 1. The van der Waals surface area contributed by atoms with Crippen molar-refractivity contribution in [2.45, 2.75) is 17.0 Å². The number of likely N-dealkylation sites (N-methyl/N-ethyl adjacent to an activating group) is 1. The van der Waals surface area contributed by atoms with E-state index in [-0.39, 0.29) is 11.9 Å². The first-order chi connectivity index (χ1) is 9.04. The third-order valence-electron chi connectivity index (χ3n) is 3.55. The quantitative estimate of drug-likeness (QED) is 0.844. The molecule has 1 aliphatic heterocycles. The molecule has 5 heteroatoms. The second kappa shape index (κ2) is 5.94. The molecule has 1 aliphatic rings. The average molecular weight is 280 g/mol. The Morgan fingerprint density at radius 1 is 1.37 bits per heavy atom. The summed E-state index contributed by atoms with van der Waals surface area (Å²) in [6.07, 6.45) is 1.49. The van der Waals surface area contributed by atoms with Gasteiger partial charge >= 0.3 is 0 Å². The molecular weight excluding hydrogens is 260 g/mol. The van der Waals surface area contributed by atoms with E-state index in [0.29, 0.717) is 13.1 Å². The molecule has 0 aliphatic carbocycles. The molecule has 0 aromatic heterocycles. The van der Waals surface area contributed by atoms with Gasteiger partial charge in [-0.3, -0.25) is 4.79 Å². The van der Waals surface area contributed by atoms with Crippen LogP contribution in [0.3, 0.4) is 0 Å². The standard InChI is InChI=1S/C14H20N2O2S/c1-15(2)11-8-16(9-12(11)17)14(18)10-6-4-5-7-13(10)19-3/h4-7,11-12,17H,8-9H2,1-3H3/t11-,12-/m0/s1. The lowest BCUT2D eigenvalue weighted by atomic mass is 10.2. The highest BCUT2D eigenvalue weighted by atomic mass is 32.2. The van der Waals surface area contributed by atoms with Gasteiger partial charge in [0.05, 0.1) is 17.7 Å². The summed E-state index contributed by atoms with van der Waals surface area (Å²) in [5.41, 5.74) is 0.724. The molecule has 1 aromatic rings. The van der Waals surface area contributed by atoms with Crippen molar-refractivity contribution < 1.29 is 9.90 Å². The van der Waals surface area contributed by atoms with Crippen molar-refractivity contribution in [1.82, 2.24) is 9.80 Å². The lowest BCUT2D eigenvalue weighted by Gasteiger charge is -2.21. The fraction of sp³-hybridized carbons (Fsp3) is 0.500. The van der Waals surface area contributed by atoms with E-state index in [1.165, 1.54) is 0 Å². The Morgan fingerprint density at radius 2 is 2.05 bits per heavy atom. The topological polar surface area (TPSA) is 43.8 Å². The number of amides is 1. The molecule has 1 fully saturated rings. The fourth-order valence-electron chi connectivity index (χ4n) is 2.43. The van der Waals surface area contributed by atoms with Crippen molar-refractivity contribution in [3.8, 4) is 0 Å². The predicted octanol–water partition coefficient (Wildman–Crippen LogP) is 1.16. The molecule has 1 aromatic carbocycles. The van der Waals surface area contributed by atoms with Crippen LogP contribution >= 0.6 is 11.8 Å². The van der Waals surface area contributed by atoms with E-state index in [2.05, 4.69) is 0 Å². The minimum absolute atomic E-state index is 0.00773. The van der Waals surface area contributed by atoms with Crippen LogP contribution in [0, 0.1) is 0 Å². The van der Waals surface area contributed by atoms with Crippen molar-refractivity contribution in [1.29, 1.82) is 0 Å². The van der Waals surface area contributed by atoms with Gasteiger partial charge in [-0.1, -0.05) is 12.1 Å². The van der Waals surface area contributed by atoms with Gasteiger partial charge in [0.2, 0.25) is 0 Å². The number of nitrogens with zero attached hydrogens (tertiary/aromatic N) is 2. The second-order valence-corrected chi connectivity index (χ2v) is 5.86. The van der Waals surface area contributed by atoms with Gasteiger partial charge in [-0.05, 0) is 32.5 Å². The van der Waals surface area contributed by atoms with E-state index < -0.39 is 6.10 Å². The van der Waals surface area contributed by atoms with Gasteiger partial charge in [0, 0.05) is 18.0 Å². The molecule has 0 radical (unpaired) electrons. The summed E-state index contributed by atoms with van der Waals surface area (Å²) in [6, 6.07) is 7.63. The van der Waals surface area contributed by atoms with Crippen LogP contribution in [0.4, 0.5) is 0 Å². The highest BCUT2D eigenvalue weighted by Crippen LogP contribution is 2.24. The van der Waals surface area contributed by atoms with Crippen LogP contribution < -0.4 is 0 Å². The molecule has 0 saturated carbocycles. The first-order valence-electron chi connectivity index (χ1n) is 6.31. The molecule has 0 unspecified atom stereocenters. The summed E-state index contributed by atoms with van der Waals surface area (Å²) in [7, 11) is 3.86. The number of β-amino-alcohol motifs (C(OH)–C–C–N with tert-alkyl or cyclic N) is 1. The number of hydrogen-bond donors (Lipinski definition) is 1. The summed E-state index contributed by atoms with van der Waals surface area (Å²) < 4.78 is 0. The third-order valence-corrected chi connectivity index (χ3v) is 4.34. The van der Waals surface area contributed by atoms with E-state index in [1.807, 2.05) is 49.5 Å². The minimum atomic E-state index is -0.472. The molecule has 2 rings (SSSR count). The molecular formula is C14H20N2O2S. The Balaban J connectivity index is 2.17. The SMILES string of the molecule is CSc1ccccc1C(=O)N1C[C@H](O)[C@@H](N(C)C)C1. The number of benzene rings is 1. The van der Waals surface area contributed by atoms with Gasteiger partial charge in [0.1, 0.15) is 0 Å². The van der Waals surface area contributed by atoms with Crippen LogP contribution in [-0.4, -0.2) is 66.4 Å². The minimum Gasteiger partial charge on any atom is -0.390 e. The van der Waals surface area contributed by atoms with Gasteiger partial charge in [-0.15, -0.1) is 11.8 Å². The van der Waals surface area contributed by atoms with Gasteiger partial charge in [0.25, 0.3) is 5.91 Å². The Labute approximate surface area is 118 Å². The molecule has 1 N–H and O–H groups in total. The summed E-state index contributed by atoms with van der Waals surface area (Å²) >= 11 is 1.57. The van der Waals surface area contributed by atoms with E-state index >= 15 is 0 Å². The molecule has 0 spiro atoms. The number of carbonyl (C=O) groups is 1. The van der Waals surface area contributed by atoms with Crippen molar-refractivity contribution in [2.24, 2.45) is 0 Å². The normalized spacial score (nSPS) is 23.1. The largest absolute Gasteiger partial charge is 0.390 e. The van der Waals surface area contributed by atoms with Crippen LogP contribution in [0.2, 0.25) is 0 Å². The van der Waals surface area contributed by atoms with Crippen LogP contribution in [0.1, 0.15) is 10.4 Å². The third kappa shape index (κ3) is 2.94. The highest BCUT2D eigenvalue weighted by molar-refractivity contribution is 7.98. The molecule has 1 saturated heterocycles. The second-order valence-electron chi connectivity index (χ2n) is 5.01. The van der Waals surface area contributed by atoms with Gasteiger partial charge in [-0.2, -0.15) is 0 Å². The lowest BCUT2D eigenvalue weighted by molar-refractivity contribution is 0.0760. The van der Waals surface area contributed by atoms with Crippen LogP contribution in [0.15, 0.2) is 29.2 Å². The van der Waals surface area contributed by atoms with Gasteiger partial charge < -0.3 is 14.9 Å². The highest BCUT2D eigenvalue weighted by Gasteiger charge is 2.35. The Morgan fingerprint density at radius 3 is 2.63 bits per heavy atom. The monoisotopic (exact) mass is 280 g/mol. The Kier molecular flexibility index (Phi) is 4.50. The summed E-state index contributed by atoms with van der Waals surface area (Å²) in [6.45, 7) is 0.986. The van der Waals surface area contributed by atoms with E-state index in [0.717, 1.165) is 10.5 Å². The molecule has 4 nitrogen and oxygen atoms in total. The number of thioether (sulfide) groups is 1. The first kappa shape index (κ1) is 14.4. The Bertz CT molecular complexity index is 465. The molecule has 104 valence electrons. The van der Waals surface area contributed by atoms with Crippen LogP contribution in [0.5, 0.6) is 0 Å². The lowest BCUT2D eigenvalue weighted by Crippen LogP contribution is -2.38. The first-order valence-corrected chi connectivity index (χ1v) is 7.54. The predicted molar refractivity (Wildman–Crippen MR) is 77.6 cm³/mol. The Hall–Kier alpha value is -1.04. The maximum absolute atomic E-state index is 12.5. The molecule has 2 atom stereocenters. The van der Waals surface area contributed by atoms with E-state index in [9.17, 15) is 9.90 Å². The molecule has 1 heterocycles. The fourth-order valence-corrected chi connectivity index (χ4v) is 3.02. The summed E-state index contributed by atoms with van der Waals surface area (Å²) in [5.74, 6) is 0.00773. The van der Waals surface area contributed by atoms with Crippen molar-refractivity contribution in [3.05, 3.63) is 29.8 Å². The smallest absolute Gasteiger partial charge is 0.255 e. The maximum Gasteiger partial charge on any atom is 0.255 e. The molecule has 0 bridgehead atoms. The van der Waals surface area contributed by atoms with Crippen molar-refractivity contribution in [3.63, 3.8) is 0 Å². The van der Waals surface area contributed by atoms with E-state index in [4.69, 9.17) is 0 Å². The summed E-state index contributed by atoms with van der Waals surface area (Å²) in [5, 5.41) is 10.0. The van der Waals surface area contributed by atoms with Crippen molar-refractivity contribution >= 4 is 17.7 Å². The average Bonchev–Trinajstić information content (AvgIpc) is 2.80. The van der Waals surface area contributed by atoms with Crippen LogP contribution in [0.25, 0.3) is 0 Å². The number of aliphatic hydroxyl groups excluding tert-OH is 1. The molecule has 19 heavy (non-hydrogen) atoms. The van der Waals surface area contributed by atoms with E-state index in [1.54, 1.807) is 16.7 Å². The zero-order valence-electron chi connectivity index (χ0n) is 11.5. The van der Waals surface area contributed by atoms with Gasteiger partial charge in [0.15, 0.2) is 0 Å². The molecule has 1 amide bonds. The van der Waals surface area contributed by atoms with Gasteiger partial charge in [-0.25, -0.2) is 0 Å². The number of hydrogen-bond acceptors (Lipinski definition) is 4. The van der Waals surface area contributed by atoms with Crippen LogP contribution in [-0.2, 0) is 0 Å². The number of rotatable bonds is 3. The zero-order valence-corrected chi connectivity index (χ0v) is 12.4.